The molecule has 0 aliphatic heterocycles. The summed E-state index contributed by atoms with van der Waals surface area (Å²) in [5.41, 5.74) is 2.48. The Labute approximate surface area is 111 Å². The van der Waals surface area contributed by atoms with E-state index in [-0.39, 0.29) is 6.10 Å². The Morgan fingerprint density at radius 2 is 2.00 bits per heavy atom. The second-order valence-electron chi connectivity index (χ2n) is 5.75. The van der Waals surface area contributed by atoms with Crippen LogP contribution in [0.1, 0.15) is 69.1 Å². The quantitative estimate of drug-likeness (QED) is 0.802. The summed E-state index contributed by atoms with van der Waals surface area (Å²) in [7, 11) is 0. The fourth-order valence-electron chi connectivity index (χ4n) is 3.12. The van der Waals surface area contributed by atoms with Gasteiger partial charge in [-0.1, -0.05) is 69.7 Å². The SMILES string of the molecule is CCCc1cccc(C(O)CC2CCCCC2)c1. The van der Waals surface area contributed by atoms with E-state index >= 15 is 0 Å². The van der Waals surface area contributed by atoms with Gasteiger partial charge in [-0.25, -0.2) is 0 Å². The van der Waals surface area contributed by atoms with Crippen molar-refractivity contribution in [3.05, 3.63) is 35.4 Å². The summed E-state index contributed by atoms with van der Waals surface area (Å²) in [6, 6.07) is 8.52. The summed E-state index contributed by atoms with van der Waals surface area (Å²) >= 11 is 0. The van der Waals surface area contributed by atoms with Gasteiger partial charge in [0.05, 0.1) is 6.10 Å². The second-order valence-corrected chi connectivity index (χ2v) is 5.75. The molecule has 100 valence electrons. The minimum absolute atomic E-state index is 0.259. The van der Waals surface area contributed by atoms with Gasteiger partial charge in [0.1, 0.15) is 0 Å². The van der Waals surface area contributed by atoms with Gasteiger partial charge in [-0.2, -0.15) is 0 Å². The predicted octanol–water partition coefficient (Wildman–Crippen LogP) is 4.64. The van der Waals surface area contributed by atoms with Gasteiger partial charge >= 0.3 is 0 Å². The average molecular weight is 246 g/mol. The number of aliphatic hydroxyl groups excluding tert-OH is 1. The molecule has 2 rings (SSSR count). The van der Waals surface area contributed by atoms with E-state index in [2.05, 4.69) is 31.2 Å². The van der Waals surface area contributed by atoms with E-state index in [1.165, 1.54) is 44.1 Å². The van der Waals surface area contributed by atoms with Gasteiger partial charge in [0, 0.05) is 0 Å². The molecule has 1 saturated carbocycles. The molecule has 1 fully saturated rings. The minimum atomic E-state index is -0.259. The maximum Gasteiger partial charge on any atom is 0.0792 e. The fraction of sp³-hybridized carbons (Fsp3) is 0.647. The molecule has 1 atom stereocenters. The van der Waals surface area contributed by atoms with Gasteiger partial charge in [0.2, 0.25) is 0 Å². The van der Waals surface area contributed by atoms with Gasteiger partial charge < -0.3 is 5.11 Å². The van der Waals surface area contributed by atoms with Gasteiger partial charge in [-0.15, -0.1) is 0 Å². The molecule has 18 heavy (non-hydrogen) atoms. The molecule has 1 aliphatic carbocycles. The first-order valence-corrected chi connectivity index (χ1v) is 7.56. The molecule has 0 bridgehead atoms. The van der Waals surface area contributed by atoms with Crippen molar-refractivity contribution in [3.63, 3.8) is 0 Å². The normalized spacial score (nSPS) is 18.8. The monoisotopic (exact) mass is 246 g/mol. The standard InChI is InChI=1S/C17H26O/c1-2-7-14-10-6-11-16(12-14)17(18)13-15-8-4-3-5-9-15/h6,10-12,15,17-18H,2-5,7-9,13H2,1H3. The fourth-order valence-corrected chi connectivity index (χ4v) is 3.12. The zero-order valence-corrected chi connectivity index (χ0v) is 11.6. The van der Waals surface area contributed by atoms with Crippen LogP contribution in [0.3, 0.4) is 0 Å². The molecule has 0 heterocycles. The van der Waals surface area contributed by atoms with Crippen molar-refractivity contribution in [2.45, 2.75) is 64.4 Å². The number of benzene rings is 1. The van der Waals surface area contributed by atoms with Crippen LogP contribution in [0.5, 0.6) is 0 Å². The number of aliphatic hydroxyl groups is 1. The van der Waals surface area contributed by atoms with Crippen LogP contribution in [0.4, 0.5) is 0 Å². The van der Waals surface area contributed by atoms with E-state index in [0.29, 0.717) is 0 Å². The lowest BCUT2D eigenvalue weighted by Crippen LogP contribution is -2.11. The largest absolute Gasteiger partial charge is 0.388 e. The smallest absolute Gasteiger partial charge is 0.0792 e. The van der Waals surface area contributed by atoms with Crippen LogP contribution in [0.15, 0.2) is 24.3 Å². The molecule has 0 amide bonds. The van der Waals surface area contributed by atoms with Crippen molar-refractivity contribution in [3.8, 4) is 0 Å². The highest BCUT2D eigenvalue weighted by atomic mass is 16.3. The molecular weight excluding hydrogens is 220 g/mol. The van der Waals surface area contributed by atoms with Gasteiger partial charge in [0.15, 0.2) is 0 Å². The van der Waals surface area contributed by atoms with E-state index in [1.54, 1.807) is 0 Å². The van der Waals surface area contributed by atoms with Crippen LogP contribution in [-0.2, 0) is 6.42 Å². The maximum atomic E-state index is 10.4. The summed E-state index contributed by atoms with van der Waals surface area (Å²) in [6.07, 6.45) is 9.70. The first-order valence-electron chi connectivity index (χ1n) is 7.56. The van der Waals surface area contributed by atoms with Crippen molar-refractivity contribution in [2.24, 2.45) is 5.92 Å². The molecule has 1 nitrogen and oxygen atoms in total. The topological polar surface area (TPSA) is 20.2 Å². The van der Waals surface area contributed by atoms with Gasteiger partial charge in [0.25, 0.3) is 0 Å². The van der Waals surface area contributed by atoms with Crippen LogP contribution in [0.25, 0.3) is 0 Å². The number of aryl methyl sites for hydroxylation is 1. The van der Waals surface area contributed by atoms with Crippen LogP contribution in [0.2, 0.25) is 0 Å². The Morgan fingerprint density at radius 1 is 1.22 bits per heavy atom. The summed E-state index contributed by atoms with van der Waals surface area (Å²) in [5, 5.41) is 10.4. The average Bonchev–Trinajstić information content (AvgIpc) is 2.40. The first kappa shape index (κ1) is 13.6. The van der Waals surface area contributed by atoms with E-state index < -0.39 is 0 Å². The number of hydrogen-bond acceptors (Lipinski definition) is 1. The zero-order valence-electron chi connectivity index (χ0n) is 11.6. The zero-order chi connectivity index (χ0) is 12.8. The Morgan fingerprint density at radius 3 is 2.72 bits per heavy atom. The van der Waals surface area contributed by atoms with Crippen LogP contribution in [0, 0.1) is 5.92 Å². The maximum absolute atomic E-state index is 10.4. The first-order chi connectivity index (χ1) is 8.79. The third kappa shape index (κ3) is 3.84. The molecule has 0 spiro atoms. The highest BCUT2D eigenvalue weighted by Gasteiger charge is 2.18. The summed E-state index contributed by atoms with van der Waals surface area (Å²) in [4.78, 5) is 0. The Hall–Kier alpha value is -0.820. The van der Waals surface area contributed by atoms with E-state index in [9.17, 15) is 5.11 Å². The van der Waals surface area contributed by atoms with Crippen LogP contribution in [-0.4, -0.2) is 5.11 Å². The molecule has 0 saturated heterocycles. The van der Waals surface area contributed by atoms with Gasteiger partial charge in [-0.3, -0.25) is 0 Å². The van der Waals surface area contributed by atoms with Crippen molar-refractivity contribution in [2.75, 3.05) is 0 Å². The molecule has 0 aromatic heterocycles. The van der Waals surface area contributed by atoms with Crippen molar-refractivity contribution >= 4 is 0 Å². The molecule has 1 aromatic rings. The van der Waals surface area contributed by atoms with Crippen LogP contribution < -0.4 is 0 Å². The van der Waals surface area contributed by atoms with E-state index in [1.807, 2.05) is 0 Å². The Kier molecular flexibility index (Phi) is 5.25. The molecule has 1 aromatic carbocycles. The highest BCUT2D eigenvalue weighted by Crippen LogP contribution is 2.32. The van der Waals surface area contributed by atoms with Crippen LogP contribution >= 0.6 is 0 Å². The van der Waals surface area contributed by atoms with Crippen molar-refractivity contribution in [1.82, 2.24) is 0 Å². The minimum Gasteiger partial charge on any atom is -0.388 e. The van der Waals surface area contributed by atoms with E-state index in [4.69, 9.17) is 0 Å². The third-order valence-corrected chi connectivity index (χ3v) is 4.16. The van der Waals surface area contributed by atoms with Gasteiger partial charge in [-0.05, 0) is 29.9 Å². The molecule has 1 unspecified atom stereocenters. The lowest BCUT2D eigenvalue weighted by molar-refractivity contribution is 0.131. The van der Waals surface area contributed by atoms with E-state index in [0.717, 1.165) is 24.3 Å². The Bertz CT molecular complexity index is 352. The lowest BCUT2D eigenvalue weighted by atomic mass is 9.84. The molecule has 1 aliphatic rings. The second kappa shape index (κ2) is 6.94. The summed E-state index contributed by atoms with van der Waals surface area (Å²) in [5.74, 6) is 0.739. The molecular formula is C17H26O. The predicted molar refractivity (Wildman–Crippen MR) is 76.6 cm³/mol. The lowest BCUT2D eigenvalue weighted by Gasteiger charge is -2.24. The molecule has 1 heteroatoms. The number of rotatable bonds is 5. The number of hydrogen-bond donors (Lipinski definition) is 1. The van der Waals surface area contributed by atoms with Crippen molar-refractivity contribution in [1.29, 1.82) is 0 Å². The summed E-state index contributed by atoms with van der Waals surface area (Å²) in [6.45, 7) is 2.20. The molecule has 1 N–H and O–H groups in total. The third-order valence-electron chi connectivity index (χ3n) is 4.16. The highest BCUT2D eigenvalue weighted by molar-refractivity contribution is 5.25. The Balaban J connectivity index is 1.94. The summed E-state index contributed by atoms with van der Waals surface area (Å²) < 4.78 is 0. The molecule has 0 radical (unpaired) electrons. The van der Waals surface area contributed by atoms with Crippen molar-refractivity contribution < 1.29 is 5.11 Å².